The Bertz CT molecular complexity index is 816. The molecule has 8 heteroatoms. The number of ether oxygens (including phenoxy) is 1. The number of hydrogen-bond acceptors (Lipinski definition) is 5. The van der Waals surface area contributed by atoms with E-state index in [1.165, 1.54) is 24.1 Å². The summed E-state index contributed by atoms with van der Waals surface area (Å²) in [7, 11) is 1.42. The molecule has 1 amide bonds. The number of aliphatic hydroxyl groups excluding tert-OH is 1. The first-order valence-corrected chi connectivity index (χ1v) is 8.54. The summed E-state index contributed by atoms with van der Waals surface area (Å²) in [5.74, 6) is -2.43. The summed E-state index contributed by atoms with van der Waals surface area (Å²) in [5.41, 5.74) is 0.417. The van der Waals surface area contributed by atoms with E-state index in [9.17, 15) is 19.5 Å². The second kappa shape index (κ2) is 8.38. The molecule has 1 aliphatic heterocycles. The van der Waals surface area contributed by atoms with Gasteiger partial charge in [0.1, 0.15) is 0 Å². The van der Waals surface area contributed by atoms with Crippen molar-refractivity contribution in [3.8, 4) is 0 Å². The summed E-state index contributed by atoms with van der Waals surface area (Å²) in [4.78, 5) is 37.4. The average molecular weight is 398 g/mol. The largest absolute Gasteiger partial charge is 0.503 e. The molecule has 1 N–H and O–H groups in total. The van der Waals surface area contributed by atoms with Gasteiger partial charge in [-0.3, -0.25) is 9.59 Å². The zero-order valence-corrected chi connectivity index (χ0v) is 15.7. The van der Waals surface area contributed by atoms with E-state index in [1.807, 2.05) is 0 Å². The zero-order chi connectivity index (χ0) is 19.4. The van der Waals surface area contributed by atoms with Crippen LogP contribution in [0.4, 0.5) is 0 Å². The van der Waals surface area contributed by atoms with Crippen LogP contribution >= 0.6 is 23.2 Å². The highest BCUT2D eigenvalue weighted by molar-refractivity contribution is 6.35. The number of esters is 1. The van der Waals surface area contributed by atoms with Crippen LogP contribution in [0.2, 0.25) is 10.0 Å². The van der Waals surface area contributed by atoms with E-state index in [0.717, 1.165) is 6.08 Å². The maximum Gasteiger partial charge on any atom is 0.330 e. The van der Waals surface area contributed by atoms with Crippen LogP contribution in [0.1, 0.15) is 12.5 Å². The second-order valence-corrected chi connectivity index (χ2v) is 6.41. The molecular weight excluding hydrogens is 381 g/mol. The van der Waals surface area contributed by atoms with E-state index in [4.69, 9.17) is 27.9 Å². The molecule has 138 valence electrons. The third-order valence-corrected chi connectivity index (χ3v) is 4.45. The maximum atomic E-state index is 12.7. The lowest BCUT2D eigenvalue weighted by atomic mass is 9.97. The lowest BCUT2D eigenvalue weighted by Gasteiger charge is -2.18. The van der Waals surface area contributed by atoms with Crippen molar-refractivity contribution >= 4 is 40.9 Å². The third kappa shape index (κ3) is 4.26. The van der Waals surface area contributed by atoms with Crippen molar-refractivity contribution in [2.75, 3.05) is 13.7 Å². The number of ketones is 1. The highest BCUT2D eigenvalue weighted by atomic mass is 35.5. The predicted octanol–water partition coefficient (Wildman–Crippen LogP) is 2.88. The quantitative estimate of drug-likeness (QED) is 0.589. The molecule has 0 aromatic heterocycles. The van der Waals surface area contributed by atoms with Gasteiger partial charge in [-0.05, 0) is 24.6 Å². The standard InChI is InChI=1S/C18H17Cl2NO5/c1-3-26-15(23)7-6-13-16(17(24)18(25)21(13)2)14(22)8-10-4-5-11(19)9-12(10)20/h4-7,9,13,24H,3,8H2,1-2H3/b7-6+. The highest BCUT2D eigenvalue weighted by Crippen LogP contribution is 2.28. The molecule has 0 spiro atoms. The number of nitrogens with zero attached hydrogens (tertiary/aromatic N) is 1. The molecule has 0 aliphatic carbocycles. The van der Waals surface area contributed by atoms with E-state index in [1.54, 1.807) is 19.1 Å². The van der Waals surface area contributed by atoms with Gasteiger partial charge in [0.15, 0.2) is 11.5 Å². The smallest absolute Gasteiger partial charge is 0.330 e. The number of likely N-dealkylation sites (N-methyl/N-ethyl adjacent to an activating group) is 1. The summed E-state index contributed by atoms with van der Waals surface area (Å²) in [5, 5.41) is 10.8. The van der Waals surface area contributed by atoms with Crippen molar-refractivity contribution in [3.05, 3.63) is 57.3 Å². The Kier molecular flexibility index (Phi) is 6.45. The first-order chi connectivity index (χ1) is 12.3. The summed E-state index contributed by atoms with van der Waals surface area (Å²) < 4.78 is 4.79. The Morgan fingerprint density at radius 2 is 2.04 bits per heavy atom. The van der Waals surface area contributed by atoms with Gasteiger partial charge in [-0.25, -0.2) is 4.79 Å². The van der Waals surface area contributed by atoms with Crippen molar-refractivity contribution in [1.29, 1.82) is 0 Å². The maximum absolute atomic E-state index is 12.7. The fourth-order valence-corrected chi connectivity index (χ4v) is 3.03. The number of Topliss-reactive ketones (excluding diaryl/α,β-unsaturated/α-hetero) is 1. The molecule has 1 aromatic carbocycles. The number of aliphatic hydroxyl groups is 1. The number of benzene rings is 1. The van der Waals surface area contributed by atoms with Crippen LogP contribution in [-0.2, 0) is 25.5 Å². The lowest BCUT2D eigenvalue weighted by molar-refractivity contribution is -0.137. The number of carbonyl (C=O) groups is 3. The number of carbonyl (C=O) groups excluding carboxylic acids is 3. The third-order valence-electron chi connectivity index (χ3n) is 3.86. The van der Waals surface area contributed by atoms with Gasteiger partial charge in [0.25, 0.3) is 5.91 Å². The summed E-state index contributed by atoms with van der Waals surface area (Å²) in [6, 6.07) is 3.83. The minimum Gasteiger partial charge on any atom is -0.503 e. The Hall–Kier alpha value is -2.31. The highest BCUT2D eigenvalue weighted by Gasteiger charge is 2.39. The first-order valence-electron chi connectivity index (χ1n) is 7.78. The Morgan fingerprint density at radius 1 is 1.35 bits per heavy atom. The fourth-order valence-electron chi connectivity index (χ4n) is 2.56. The van der Waals surface area contributed by atoms with Crippen molar-refractivity contribution in [3.63, 3.8) is 0 Å². The second-order valence-electron chi connectivity index (χ2n) is 5.57. The van der Waals surface area contributed by atoms with Crippen LogP contribution in [0.3, 0.4) is 0 Å². The predicted molar refractivity (Wildman–Crippen MR) is 97.2 cm³/mol. The molecule has 2 rings (SSSR count). The molecule has 0 radical (unpaired) electrons. The van der Waals surface area contributed by atoms with Gasteiger partial charge in [-0.15, -0.1) is 0 Å². The van der Waals surface area contributed by atoms with Gasteiger partial charge in [0.2, 0.25) is 0 Å². The van der Waals surface area contributed by atoms with Crippen molar-refractivity contribution in [2.45, 2.75) is 19.4 Å². The summed E-state index contributed by atoms with van der Waals surface area (Å²) in [6.45, 7) is 1.86. The van der Waals surface area contributed by atoms with Crippen molar-refractivity contribution in [1.82, 2.24) is 4.90 Å². The van der Waals surface area contributed by atoms with Crippen LogP contribution in [0.5, 0.6) is 0 Å². The molecule has 1 unspecified atom stereocenters. The average Bonchev–Trinajstić information content (AvgIpc) is 2.79. The van der Waals surface area contributed by atoms with E-state index in [-0.39, 0.29) is 18.6 Å². The van der Waals surface area contributed by atoms with Gasteiger partial charge >= 0.3 is 5.97 Å². The number of amides is 1. The van der Waals surface area contributed by atoms with Crippen LogP contribution < -0.4 is 0 Å². The van der Waals surface area contributed by atoms with Crippen molar-refractivity contribution < 1.29 is 24.2 Å². The van der Waals surface area contributed by atoms with Gasteiger partial charge in [0, 0.05) is 29.6 Å². The Labute approximate surface area is 160 Å². The minimum absolute atomic E-state index is 0.0935. The van der Waals surface area contributed by atoms with E-state index in [0.29, 0.717) is 15.6 Å². The molecule has 6 nitrogen and oxygen atoms in total. The van der Waals surface area contributed by atoms with Gasteiger partial charge < -0.3 is 14.7 Å². The SMILES string of the molecule is CCOC(=O)/C=C/C1C(C(=O)Cc2ccc(Cl)cc2Cl)=C(O)C(=O)N1C. The van der Waals surface area contributed by atoms with Crippen LogP contribution in [-0.4, -0.2) is 47.4 Å². The molecule has 1 heterocycles. The molecule has 0 saturated carbocycles. The molecule has 1 aliphatic rings. The van der Waals surface area contributed by atoms with E-state index < -0.39 is 29.5 Å². The number of hydrogen-bond donors (Lipinski definition) is 1. The van der Waals surface area contributed by atoms with Crippen molar-refractivity contribution in [2.24, 2.45) is 0 Å². The van der Waals surface area contributed by atoms with Gasteiger partial charge in [-0.2, -0.15) is 0 Å². The van der Waals surface area contributed by atoms with Crippen LogP contribution in [0.15, 0.2) is 41.7 Å². The normalized spacial score (nSPS) is 17.3. The van der Waals surface area contributed by atoms with Gasteiger partial charge in [0.05, 0.1) is 18.2 Å². The Morgan fingerprint density at radius 3 is 2.65 bits per heavy atom. The first kappa shape index (κ1) is 20.0. The molecule has 1 atom stereocenters. The topological polar surface area (TPSA) is 83.9 Å². The Balaban J connectivity index is 2.28. The summed E-state index contributed by atoms with van der Waals surface area (Å²) >= 11 is 11.9. The molecular formula is C18H17Cl2NO5. The summed E-state index contributed by atoms with van der Waals surface area (Å²) in [6.07, 6.45) is 2.34. The molecule has 26 heavy (non-hydrogen) atoms. The number of halogens is 2. The molecule has 1 aromatic rings. The zero-order valence-electron chi connectivity index (χ0n) is 14.2. The molecule has 0 fully saturated rings. The van der Waals surface area contributed by atoms with E-state index in [2.05, 4.69) is 0 Å². The molecule has 0 saturated heterocycles. The number of rotatable bonds is 6. The van der Waals surface area contributed by atoms with E-state index >= 15 is 0 Å². The minimum atomic E-state index is -0.870. The van der Waals surface area contributed by atoms with Crippen LogP contribution in [0.25, 0.3) is 0 Å². The molecule has 0 bridgehead atoms. The van der Waals surface area contributed by atoms with Crippen LogP contribution in [0, 0.1) is 0 Å². The monoisotopic (exact) mass is 397 g/mol. The van der Waals surface area contributed by atoms with Gasteiger partial charge in [-0.1, -0.05) is 35.3 Å². The lowest BCUT2D eigenvalue weighted by Crippen LogP contribution is -2.32. The fraction of sp³-hybridized carbons (Fsp3) is 0.278.